The zero-order valence-corrected chi connectivity index (χ0v) is 10.3. The lowest BCUT2D eigenvalue weighted by Gasteiger charge is -2.27. The average Bonchev–Trinajstić information content (AvgIpc) is 2.25. The first-order chi connectivity index (χ1) is 7.16. The minimum absolute atomic E-state index is 0.0944. The van der Waals surface area contributed by atoms with Crippen molar-refractivity contribution in [2.24, 2.45) is 5.41 Å². The molecule has 0 aliphatic heterocycles. The van der Waals surface area contributed by atoms with Crippen molar-refractivity contribution < 1.29 is 9.53 Å². The van der Waals surface area contributed by atoms with Crippen molar-refractivity contribution in [2.45, 2.75) is 52.9 Å². The van der Waals surface area contributed by atoms with E-state index in [-0.39, 0.29) is 5.97 Å². The van der Waals surface area contributed by atoms with E-state index in [4.69, 9.17) is 4.74 Å². The highest BCUT2D eigenvalue weighted by molar-refractivity contribution is 5.79. The van der Waals surface area contributed by atoms with Gasteiger partial charge in [0, 0.05) is 0 Å². The van der Waals surface area contributed by atoms with Crippen molar-refractivity contribution in [1.82, 2.24) is 0 Å². The Kier molecular flexibility index (Phi) is 7.10. The quantitative estimate of drug-likeness (QED) is 0.453. The minimum atomic E-state index is -0.446. The zero-order chi connectivity index (χ0) is 11.7. The normalized spacial score (nSPS) is 11.1. The number of hydrogen-bond donors (Lipinski definition) is 0. The minimum Gasteiger partial charge on any atom is -0.465 e. The molecule has 0 bridgehead atoms. The standard InChI is InChI=1S/C13H24O2/c1-5-9-13(8-4,10-6-2)12(14)15-11-7-3/h8H,4-7,9-11H2,1-3H3. The highest BCUT2D eigenvalue weighted by atomic mass is 16.5. The summed E-state index contributed by atoms with van der Waals surface area (Å²) in [5.41, 5.74) is -0.446. The molecule has 0 aliphatic carbocycles. The zero-order valence-electron chi connectivity index (χ0n) is 10.3. The molecule has 0 atom stereocenters. The van der Waals surface area contributed by atoms with Crippen LogP contribution in [-0.2, 0) is 9.53 Å². The topological polar surface area (TPSA) is 26.3 Å². The van der Waals surface area contributed by atoms with Crippen LogP contribution in [0.2, 0.25) is 0 Å². The molecule has 0 aromatic rings. The smallest absolute Gasteiger partial charge is 0.315 e. The van der Waals surface area contributed by atoms with Crippen LogP contribution in [0.15, 0.2) is 12.7 Å². The van der Waals surface area contributed by atoms with Crippen LogP contribution in [0.25, 0.3) is 0 Å². The second-order valence-electron chi connectivity index (χ2n) is 4.00. The van der Waals surface area contributed by atoms with Crippen LogP contribution in [0, 0.1) is 5.41 Å². The van der Waals surface area contributed by atoms with E-state index in [1.165, 1.54) is 0 Å². The van der Waals surface area contributed by atoms with E-state index in [1.54, 1.807) is 6.08 Å². The molecular weight excluding hydrogens is 188 g/mol. The van der Waals surface area contributed by atoms with Crippen LogP contribution >= 0.6 is 0 Å². The van der Waals surface area contributed by atoms with Gasteiger partial charge in [-0.25, -0.2) is 0 Å². The van der Waals surface area contributed by atoms with Crippen LogP contribution in [-0.4, -0.2) is 12.6 Å². The maximum Gasteiger partial charge on any atom is 0.315 e. The second-order valence-corrected chi connectivity index (χ2v) is 4.00. The highest BCUT2D eigenvalue weighted by Gasteiger charge is 2.34. The summed E-state index contributed by atoms with van der Waals surface area (Å²) in [6.07, 6.45) is 6.29. The largest absolute Gasteiger partial charge is 0.465 e. The predicted molar refractivity (Wildman–Crippen MR) is 63.7 cm³/mol. The van der Waals surface area contributed by atoms with Gasteiger partial charge in [0.15, 0.2) is 0 Å². The molecule has 0 spiro atoms. The van der Waals surface area contributed by atoms with E-state index in [1.807, 2.05) is 6.92 Å². The lowest BCUT2D eigenvalue weighted by atomic mass is 9.79. The maximum atomic E-state index is 11.9. The molecule has 2 heteroatoms. The van der Waals surface area contributed by atoms with Crippen molar-refractivity contribution >= 4 is 5.97 Å². The molecule has 0 heterocycles. The summed E-state index contributed by atoms with van der Waals surface area (Å²) in [5.74, 6) is -0.0944. The van der Waals surface area contributed by atoms with Gasteiger partial charge in [0.2, 0.25) is 0 Å². The molecule has 0 fully saturated rings. The second kappa shape index (κ2) is 7.49. The SMILES string of the molecule is C=CC(CCC)(CCC)C(=O)OCCC. The summed E-state index contributed by atoms with van der Waals surface area (Å²) in [4.78, 5) is 11.9. The third kappa shape index (κ3) is 4.06. The van der Waals surface area contributed by atoms with Crippen molar-refractivity contribution in [1.29, 1.82) is 0 Å². The summed E-state index contributed by atoms with van der Waals surface area (Å²) in [5, 5.41) is 0. The van der Waals surface area contributed by atoms with Crippen LogP contribution in [0.1, 0.15) is 52.9 Å². The summed E-state index contributed by atoms with van der Waals surface area (Å²) >= 11 is 0. The number of ether oxygens (including phenoxy) is 1. The Balaban J connectivity index is 4.56. The van der Waals surface area contributed by atoms with Crippen molar-refractivity contribution in [3.05, 3.63) is 12.7 Å². The number of hydrogen-bond acceptors (Lipinski definition) is 2. The number of carbonyl (C=O) groups is 1. The molecule has 0 saturated heterocycles. The van der Waals surface area contributed by atoms with Gasteiger partial charge >= 0.3 is 5.97 Å². The molecule has 0 saturated carbocycles. The Bertz CT molecular complexity index is 191. The molecule has 88 valence electrons. The van der Waals surface area contributed by atoms with Gasteiger partial charge in [-0.15, -0.1) is 6.58 Å². The molecule has 0 aliphatic rings. The van der Waals surface area contributed by atoms with E-state index in [0.29, 0.717) is 6.61 Å². The first kappa shape index (κ1) is 14.2. The summed E-state index contributed by atoms with van der Waals surface area (Å²) in [6.45, 7) is 10.5. The molecule has 0 unspecified atom stereocenters. The molecule has 2 nitrogen and oxygen atoms in total. The molecule has 0 aromatic heterocycles. The van der Waals surface area contributed by atoms with Crippen molar-refractivity contribution in [2.75, 3.05) is 6.61 Å². The van der Waals surface area contributed by atoms with Crippen LogP contribution in [0.5, 0.6) is 0 Å². The number of esters is 1. The molecule has 0 amide bonds. The first-order valence-corrected chi connectivity index (χ1v) is 5.97. The fraction of sp³-hybridized carbons (Fsp3) is 0.769. The third-order valence-electron chi connectivity index (χ3n) is 2.63. The van der Waals surface area contributed by atoms with Gasteiger partial charge < -0.3 is 4.74 Å². The Morgan fingerprint density at radius 1 is 1.20 bits per heavy atom. The monoisotopic (exact) mass is 212 g/mol. The average molecular weight is 212 g/mol. The molecule has 0 radical (unpaired) electrons. The van der Waals surface area contributed by atoms with Gasteiger partial charge in [-0.3, -0.25) is 4.79 Å². The third-order valence-corrected chi connectivity index (χ3v) is 2.63. The van der Waals surface area contributed by atoms with E-state index in [9.17, 15) is 4.79 Å². The van der Waals surface area contributed by atoms with E-state index in [2.05, 4.69) is 20.4 Å². The maximum absolute atomic E-state index is 11.9. The van der Waals surface area contributed by atoms with Gasteiger partial charge in [0.1, 0.15) is 0 Å². The van der Waals surface area contributed by atoms with Crippen molar-refractivity contribution in [3.8, 4) is 0 Å². The van der Waals surface area contributed by atoms with E-state index in [0.717, 1.165) is 32.1 Å². The van der Waals surface area contributed by atoms with E-state index < -0.39 is 5.41 Å². The first-order valence-electron chi connectivity index (χ1n) is 5.97. The van der Waals surface area contributed by atoms with Gasteiger partial charge in [0.25, 0.3) is 0 Å². The molecule has 0 aromatic carbocycles. The number of rotatable bonds is 8. The van der Waals surface area contributed by atoms with Gasteiger partial charge in [0.05, 0.1) is 12.0 Å². The number of carbonyl (C=O) groups excluding carboxylic acids is 1. The summed E-state index contributed by atoms with van der Waals surface area (Å²) < 4.78 is 5.24. The predicted octanol–water partition coefficient (Wildman–Crippen LogP) is 3.71. The van der Waals surface area contributed by atoms with Gasteiger partial charge in [-0.05, 0) is 19.3 Å². The molecule has 0 N–H and O–H groups in total. The van der Waals surface area contributed by atoms with Crippen LogP contribution in [0.4, 0.5) is 0 Å². The van der Waals surface area contributed by atoms with Gasteiger partial charge in [-0.1, -0.05) is 39.7 Å². The fourth-order valence-electron chi connectivity index (χ4n) is 1.85. The Morgan fingerprint density at radius 2 is 1.73 bits per heavy atom. The fourth-order valence-corrected chi connectivity index (χ4v) is 1.85. The highest BCUT2D eigenvalue weighted by Crippen LogP contribution is 2.32. The van der Waals surface area contributed by atoms with Gasteiger partial charge in [-0.2, -0.15) is 0 Å². The summed E-state index contributed by atoms with van der Waals surface area (Å²) in [6, 6.07) is 0. The Hall–Kier alpha value is -0.790. The van der Waals surface area contributed by atoms with Crippen LogP contribution < -0.4 is 0 Å². The van der Waals surface area contributed by atoms with Crippen molar-refractivity contribution in [3.63, 3.8) is 0 Å². The lowest BCUT2D eigenvalue weighted by molar-refractivity contribution is -0.153. The Labute approximate surface area is 93.7 Å². The van der Waals surface area contributed by atoms with E-state index >= 15 is 0 Å². The van der Waals surface area contributed by atoms with Crippen LogP contribution in [0.3, 0.4) is 0 Å². The molecule has 15 heavy (non-hydrogen) atoms. The lowest BCUT2D eigenvalue weighted by Crippen LogP contribution is -2.31. The molecular formula is C13H24O2. The summed E-state index contributed by atoms with van der Waals surface area (Å²) in [7, 11) is 0. The Morgan fingerprint density at radius 3 is 2.07 bits per heavy atom. The molecule has 0 rings (SSSR count).